The number of benzene rings is 2. The Morgan fingerprint density at radius 3 is 2.55 bits per heavy atom. The van der Waals surface area contributed by atoms with Gasteiger partial charge in [-0.1, -0.05) is 24.0 Å². The molecule has 0 saturated heterocycles. The summed E-state index contributed by atoms with van der Waals surface area (Å²) in [6.07, 6.45) is 1.65. The van der Waals surface area contributed by atoms with Crippen LogP contribution in [0.1, 0.15) is 41.0 Å². The number of carbonyl (C=O) groups is 1. The van der Waals surface area contributed by atoms with Crippen molar-refractivity contribution >= 4 is 11.9 Å². The molecule has 0 radical (unpaired) electrons. The molecular weight excluding hydrogens is 435 g/mol. The predicted octanol–water partition coefficient (Wildman–Crippen LogP) is 3.33. The first-order chi connectivity index (χ1) is 15.8. The van der Waals surface area contributed by atoms with Gasteiger partial charge in [0.15, 0.2) is 11.5 Å². The zero-order valence-corrected chi connectivity index (χ0v) is 18.1. The number of aliphatic imine (C=N–C) groups is 1. The number of ether oxygens (including phenoxy) is 2. The van der Waals surface area contributed by atoms with Crippen molar-refractivity contribution in [3.8, 4) is 17.6 Å². The van der Waals surface area contributed by atoms with E-state index in [-0.39, 0.29) is 29.8 Å². The number of methoxy groups -OCH3 is 1. The summed E-state index contributed by atoms with van der Waals surface area (Å²) in [5, 5.41) is 0. The van der Waals surface area contributed by atoms with Gasteiger partial charge in [-0.2, -0.15) is 8.78 Å². The molecule has 0 bridgehead atoms. The Morgan fingerprint density at radius 1 is 1.24 bits per heavy atom. The second-order valence-electron chi connectivity index (χ2n) is 7.88. The van der Waals surface area contributed by atoms with Crippen molar-refractivity contribution in [3.05, 3.63) is 64.5 Å². The van der Waals surface area contributed by atoms with E-state index >= 15 is 0 Å². The van der Waals surface area contributed by atoms with Gasteiger partial charge in [0.25, 0.3) is 5.91 Å². The lowest BCUT2D eigenvalue weighted by Gasteiger charge is -2.27. The first-order valence-electron chi connectivity index (χ1n) is 10.3. The largest absolute Gasteiger partial charge is 0.435 e. The van der Waals surface area contributed by atoms with Crippen LogP contribution in [-0.4, -0.2) is 44.1 Å². The van der Waals surface area contributed by atoms with E-state index in [0.717, 1.165) is 12.8 Å². The number of hydrogen-bond donors (Lipinski definition) is 1. The smallest absolute Gasteiger partial charge is 0.387 e. The molecule has 0 spiro atoms. The molecule has 1 aliphatic carbocycles. The number of likely N-dealkylation sites (N-methyl/N-ethyl adjacent to an activating group) is 1. The zero-order valence-electron chi connectivity index (χ0n) is 18.1. The Kier molecular flexibility index (Phi) is 6.04. The summed E-state index contributed by atoms with van der Waals surface area (Å²) >= 11 is 0. The van der Waals surface area contributed by atoms with Crippen LogP contribution in [0.15, 0.2) is 41.4 Å². The fraction of sp³-hybridized carbons (Fsp3) is 0.333. The van der Waals surface area contributed by atoms with Gasteiger partial charge in [0.1, 0.15) is 18.2 Å². The minimum atomic E-state index is -2.97. The zero-order chi connectivity index (χ0) is 23.8. The van der Waals surface area contributed by atoms with Crippen molar-refractivity contribution in [3.63, 3.8) is 0 Å². The molecule has 1 amide bonds. The summed E-state index contributed by atoms with van der Waals surface area (Å²) in [7, 11) is 2.96. The maximum Gasteiger partial charge on any atom is 0.387 e. The highest BCUT2D eigenvalue weighted by Crippen LogP contribution is 2.48. The number of nitrogens with two attached hydrogens (primary N) is 1. The maximum atomic E-state index is 14.4. The Balaban J connectivity index is 1.90. The third-order valence-electron chi connectivity index (χ3n) is 5.72. The number of amides is 1. The standard InChI is InChI=1S/C24H22F3N3O3/c1-30-21(31)24(29-23(30)28,16-7-9-19(25)15(12-16)4-3-11-32-2)17-8-10-20(33-22(26)27)18(13-17)14-5-6-14/h7-10,12-14,22H,5-6,11H2,1-2H3,(H2,28,29)/t24-/m0/s1. The molecule has 0 aromatic heterocycles. The van der Waals surface area contributed by atoms with E-state index < -0.39 is 23.9 Å². The fourth-order valence-corrected chi connectivity index (χ4v) is 3.92. The van der Waals surface area contributed by atoms with Gasteiger partial charge in [-0.15, -0.1) is 0 Å². The van der Waals surface area contributed by atoms with Crippen molar-refractivity contribution in [1.82, 2.24) is 4.90 Å². The Labute approximate surface area is 189 Å². The third-order valence-corrected chi connectivity index (χ3v) is 5.72. The van der Waals surface area contributed by atoms with Crippen LogP contribution in [0.5, 0.6) is 5.75 Å². The molecular formula is C24H22F3N3O3. The SMILES string of the molecule is COCC#Cc1cc([C@@]2(c3ccc(OC(F)F)c(C4CC4)c3)N=C(N)N(C)C2=O)ccc1F. The van der Waals surface area contributed by atoms with Crippen LogP contribution in [0.25, 0.3) is 0 Å². The molecule has 1 fully saturated rings. The lowest BCUT2D eigenvalue weighted by molar-refractivity contribution is -0.129. The summed E-state index contributed by atoms with van der Waals surface area (Å²) in [5.74, 6) is 4.47. The summed E-state index contributed by atoms with van der Waals surface area (Å²) < 4.78 is 49.9. The molecule has 2 aliphatic rings. The van der Waals surface area contributed by atoms with Crippen LogP contribution < -0.4 is 10.5 Å². The third kappa shape index (κ3) is 4.14. The lowest BCUT2D eigenvalue weighted by atomic mass is 9.81. The second kappa shape index (κ2) is 8.79. The summed E-state index contributed by atoms with van der Waals surface area (Å²) in [6.45, 7) is -2.86. The molecule has 2 N–H and O–H groups in total. The fourth-order valence-electron chi connectivity index (χ4n) is 3.92. The van der Waals surface area contributed by atoms with Crippen molar-refractivity contribution in [1.29, 1.82) is 0 Å². The van der Waals surface area contributed by atoms with Gasteiger partial charge in [0.2, 0.25) is 0 Å². The highest BCUT2D eigenvalue weighted by molar-refractivity contribution is 6.09. The number of guanidine groups is 1. The number of rotatable bonds is 6. The van der Waals surface area contributed by atoms with E-state index in [0.29, 0.717) is 16.7 Å². The van der Waals surface area contributed by atoms with E-state index in [4.69, 9.17) is 15.2 Å². The molecule has 9 heteroatoms. The molecule has 2 aromatic carbocycles. The highest BCUT2D eigenvalue weighted by atomic mass is 19.3. The number of alkyl halides is 2. The lowest BCUT2D eigenvalue weighted by Crippen LogP contribution is -2.41. The van der Waals surface area contributed by atoms with Crippen LogP contribution in [-0.2, 0) is 15.1 Å². The van der Waals surface area contributed by atoms with Crippen LogP contribution in [0.3, 0.4) is 0 Å². The van der Waals surface area contributed by atoms with Crippen molar-refractivity contribution in [2.45, 2.75) is 30.9 Å². The van der Waals surface area contributed by atoms with Crippen molar-refractivity contribution in [2.75, 3.05) is 20.8 Å². The molecule has 33 heavy (non-hydrogen) atoms. The van der Waals surface area contributed by atoms with Gasteiger partial charge in [0.05, 0.1) is 5.56 Å². The summed E-state index contributed by atoms with van der Waals surface area (Å²) in [4.78, 5) is 19.2. The topological polar surface area (TPSA) is 77.2 Å². The Bertz CT molecular complexity index is 1180. The highest BCUT2D eigenvalue weighted by Gasteiger charge is 2.50. The van der Waals surface area contributed by atoms with E-state index in [1.54, 1.807) is 6.07 Å². The Hall–Kier alpha value is -3.51. The Morgan fingerprint density at radius 2 is 1.94 bits per heavy atom. The average molecular weight is 457 g/mol. The van der Waals surface area contributed by atoms with Gasteiger partial charge in [-0.05, 0) is 59.7 Å². The van der Waals surface area contributed by atoms with Crippen LogP contribution in [0.4, 0.5) is 13.2 Å². The molecule has 6 nitrogen and oxygen atoms in total. The first kappa shape index (κ1) is 22.7. The van der Waals surface area contributed by atoms with Gasteiger partial charge < -0.3 is 15.2 Å². The van der Waals surface area contributed by atoms with Gasteiger partial charge in [-0.25, -0.2) is 9.38 Å². The number of carbonyl (C=O) groups excluding carboxylic acids is 1. The molecule has 0 unspecified atom stereocenters. The molecule has 2 aromatic rings. The molecule has 172 valence electrons. The van der Waals surface area contributed by atoms with Crippen molar-refractivity contribution < 1.29 is 27.4 Å². The van der Waals surface area contributed by atoms with Gasteiger partial charge in [0, 0.05) is 14.2 Å². The molecule has 1 heterocycles. The van der Waals surface area contributed by atoms with Crippen LogP contribution >= 0.6 is 0 Å². The summed E-state index contributed by atoms with van der Waals surface area (Å²) in [5.41, 5.74) is 5.81. The van der Waals surface area contributed by atoms with Crippen molar-refractivity contribution in [2.24, 2.45) is 10.7 Å². The average Bonchev–Trinajstić information content (AvgIpc) is 3.60. The van der Waals surface area contributed by atoms with Gasteiger partial charge >= 0.3 is 6.61 Å². The summed E-state index contributed by atoms with van der Waals surface area (Å²) in [6, 6.07) is 8.69. The number of halogens is 3. The second-order valence-corrected chi connectivity index (χ2v) is 7.88. The maximum absolute atomic E-state index is 14.4. The van der Waals surface area contributed by atoms with Gasteiger partial charge in [-0.3, -0.25) is 9.69 Å². The minimum Gasteiger partial charge on any atom is -0.435 e. The van der Waals surface area contributed by atoms with E-state index in [1.165, 1.54) is 49.4 Å². The molecule has 1 aliphatic heterocycles. The monoisotopic (exact) mass is 457 g/mol. The molecule has 1 atom stereocenters. The minimum absolute atomic E-state index is 0.0165. The first-order valence-corrected chi connectivity index (χ1v) is 10.3. The molecule has 1 saturated carbocycles. The normalized spacial score (nSPS) is 20.0. The van der Waals surface area contributed by atoms with E-state index in [2.05, 4.69) is 16.8 Å². The predicted molar refractivity (Wildman–Crippen MR) is 115 cm³/mol. The van der Waals surface area contributed by atoms with Crippen LogP contribution in [0.2, 0.25) is 0 Å². The quantitative estimate of drug-likeness (QED) is 0.676. The van der Waals surface area contributed by atoms with E-state index in [1.807, 2.05) is 0 Å². The van der Waals surface area contributed by atoms with E-state index in [9.17, 15) is 18.0 Å². The molecule has 4 rings (SSSR count). The number of nitrogens with zero attached hydrogens (tertiary/aromatic N) is 2. The van der Waals surface area contributed by atoms with Crippen LogP contribution in [0, 0.1) is 17.7 Å². The number of hydrogen-bond acceptors (Lipinski definition) is 5.